The van der Waals surface area contributed by atoms with Crippen LogP contribution < -0.4 is 0 Å². The number of aromatic nitrogens is 4. The first-order valence-corrected chi connectivity index (χ1v) is 10.0. The Labute approximate surface area is 151 Å². The molecule has 2 aliphatic rings. The fraction of sp³-hybridized carbons (Fsp3) is 0.556. The van der Waals surface area contributed by atoms with Crippen LogP contribution in [0.25, 0.3) is 11.4 Å². The van der Waals surface area contributed by atoms with Gasteiger partial charge in [-0.2, -0.15) is 0 Å². The van der Waals surface area contributed by atoms with Gasteiger partial charge >= 0.3 is 0 Å². The Morgan fingerprint density at radius 3 is 2.88 bits per heavy atom. The van der Waals surface area contributed by atoms with Gasteiger partial charge in [0.05, 0.1) is 5.75 Å². The molecule has 25 heavy (non-hydrogen) atoms. The molecule has 0 bridgehead atoms. The number of hydrogen-bond acceptors (Lipinski definition) is 5. The predicted octanol–water partition coefficient (Wildman–Crippen LogP) is 3.14. The highest BCUT2D eigenvalue weighted by Crippen LogP contribution is 2.35. The lowest BCUT2D eigenvalue weighted by Gasteiger charge is -2.44. The van der Waals surface area contributed by atoms with Gasteiger partial charge in [-0.25, -0.2) is 4.98 Å². The summed E-state index contributed by atoms with van der Waals surface area (Å²) in [6.45, 7) is 0.914. The van der Waals surface area contributed by atoms with E-state index >= 15 is 0 Å². The summed E-state index contributed by atoms with van der Waals surface area (Å²) in [5.41, 5.74) is 0.946. The lowest BCUT2D eigenvalue weighted by atomic mass is 9.78. The van der Waals surface area contributed by atoms with E-state index in [0.717, 1.165) is 24.4 Å². The van der Waals surface area contributed by atoms with E-state index in [1.165, 1.54) is 43.9 Å². The Morgan fingerprint density at radius 1 is 1.20 bits per heavy atom. The molecule has 6 nitrogen and oxygen atoms in total. The molecule has 1 saturated heterocycles. The Hall–Kier alpha value is -1.89. The average molecular weight is 357 g/mol. The number of H-pyrrole nitrogens is 1. The number of amides is 1. The van der Waals surface area contributed by atoms with Crippen molar-refractivity contribution in [2.24, 2.45) is 5.92 Å². The van der Waals surface area contributed by atoms with E-state index in [-0.39, 0.29) is 5.91 Å². The summed E-state index contributed by atoms with van der Waals surface area (Å²) >= 11 is 1.42. The highest BCUT2D eigenvalue weighted by atomic mass is 32.2. The van der Waals surface area contributed by atoms with Crippen molar-refractivity contribution in [3.63, 3.8) is 0 Å². The van der Waals surface area contributed by atoms with Crippen LogP contribution in [0.3, 0.4) is 0 Å². The fourth-order valence-electron chi connectivity index (χ4n) is 4.09. The third-order valence-electron chi connectivity index (χ3n) is 5.31. The minimum atomic E-state index is 0.233. The molecule has 1 amide bonds. The van der Waals surface area contributed by atoms with Gasteiger partial charge in [-0.1, -0.05) is 24.6 Å². The van der Waals surface area contributed by atoms with Gasteiger partial charge in [-0.3, -0.25) is 14.9 Å². The number of hydrogen-bond donors (Lipinski definition) is 1. The van der Waals surface area contributed by atoms with E-state index in [4.69, 9.17) is 0 Å². The van der Waals surface area contributed by atoms with Crippen molar-refractivity contribution in [3.8, 4) is 11.4 Å². The lowest BCUT2D eigenvalue weighted by Crippen LogP contribution is -2.50. The van der Waals surface area contributed by atoms with Crippen LogP contribution in [0, 0.1) is 5.92 Å². The third kappa shape index (κ3) is 3.71. The van der Waals surface area contributed by atoms with E-state index < -0.39 is 0 Å². The second-order valence-electron chi connectivity index (χ2n) is 6.83. The van der Waals surface area contributed by atoms with Gasteiger partial charge < -0.3 is 4.90 Å². The quantitative estimate of drug-likeness (QED) is 0.851. The standard InChI is InChI=1S/C18H23N5OS/c24-16(23-11-3-5-13-4-1-2-6-15(13)23)12-25-18-20-17(21-22-18)14-7-9-19-10-8-14/h7-10,13,15H,1-6,11-12H2,(H,20,21,22)/t13-,15+/m0/s1. The molecule has 1 aliphatic carbocycles. The second kappa shape index (κ2) is 7.56. The summed E-state index contributed by atoms with van der Waals surface area (Å²) in [5, 5.41) is 7.79. The minimum absolute atomic E-state index is 0.233. The van der Waals surface area contributed by atoms with E-state index in [1.807, 2.05) is 12.1 Å². The molecule has 0 spiro atoms. The lowest BCUT2D eigenvalue weighted by molar-refractivity contribution is -0.134. The Balaban J connectivity index is 1.36. The first-order chi connectivity index (χ1) is 12.3. The van der Waals surface area contributed by atoms with Crippen LogP contribution in [0.4, 0.5) is 0 Å². The fourth-order valence-corrected chi connectivity index (χ4v) is 4.78. The van der Waals surface area contributed by atoms with Crippen molar-refractivity contribution < 1.29 is 4.79 Å². The highest BCUT2D eigenvalue weighted by molar-refractivity contribution is 7.99. The molecule has 2 aromatic rings. The van der Waals surface area contributed by atoms with E-state index in [2.05, 4.69) is 25.1 Å². The number of thioether (sulfide) groups is 1. The number of rotatable bonds is 4. The maximum absolute atomic E-state index is 12.7. The van der Waals surface area contributed by atoms with Gasteiger partial charge in [0.15, 0.2) is 5.82 Å². The topological polar surface area (TPSA) is 74.8 Å². The summed E-state index contributed by atoms with van der Waals surface area (Å²) < 4.78 is 0. The maximum atomic E-state index is 12.7. The van der Waals surface area contributed by atoms with Crippen molar-refractivity contribution in [1.82, 2.24) is 25.1 Å². The number of carbonyl (C=O) groups is 1. The monoisotopic (exact) mass is 357 g/mol. The van der Waals surface area contributed by atoms with Crippen molar-refractivity contribution in [2.45, 2.75) is 49.7 Å². The van der Waals surface area contributed by atoms with Crippen molar-refractivity contribution in [2.75, 3.05) is 12.3 Å². The molecule has 2 atom stereocenters. The second-order valence-corrected chi connectivity index (χ2v) is 7.77. The predicted molar refractivity (Wildman–Crippen MR) is 97.0 cm³/mol. The summed E-state index contributed by atoms with van der Waals surface area (Å²) in [4.78, 5) is 23.4. The van der Waals surface area contributed by atoms with Crippen LogP contribution in [0.5, 0.6) is 0 Å². The van der Waals surface area contributed by atoms with Gasteiger partial charge in [0.2, 0.25) is 11.1 Å². The number of fused-ring (bicyclic) bond motifs is 1. The van der Waals surface area contributed by atoms with Crippen LogP contribution in [0.1, 0.15) is 38.5 Å². The zero-order chi connectivity index (χ0) is 17.1. The smallest absolute Gasteiger partial charge is 0.233 e. The summed E-state index contributed by atoms with van der Waals surface area (Å²) in [6.07, 6.45) is 10.9. The third-order valence-corrected chi connectivity index (χ3v) is 6.14. The number of pyridine rings is 1. The molecule has 0 unspecified atom stereocenters. The van der Waals surface area contributed by atoms with Crippen LogP contribution in [0.15, 0.2) is 29.7 Å². The number of likely N-dealkylation sites (tertiary alicyclic amines) is 1. The summed E-state index contributed by atoms with van der Waals surface area (Å²) in [7, 11) is 0. The number of nitrogens with zero attached hydrogens (tertiary/aromatic N) is 4. The summed E-state index contributed by atoms with van der Waals surface area (Å²) in [5.74, 6) is 2.08. The van der Waals surface area contributed by atoms with Gasteiger partial charge in [0.25, 0.3) is 0 Å². The van der Waals surface area contributed by atoms with Gasteiger partial charge in [0.1, 0.15) is 0 Å². The maximum Gasteiger partial charge on any atom is 0.233 e. The molecule has 1 saturated carbocycles. The Kier molecular flexibility index (Phi) is 5.01. The highest BCUT2D eigenvalue weighted by Gasteiger charge is 2.35. The first-order valence-electron chi connectivity index (χ1n) is 9.06. The van der Waals surface area contributed by atoms with Crippen LogP contribution in [0.2, 0.25) is 0 Å². The molecule has 132 valence electrons. The molecule has 4 rings (SSSR count). The van der Waals surface area contributed by atoms with E-state index in [9.17, 15) is 4.79 Å². The SMILES string of the molecule is O=C(CSc1n[nH]c(-c2ccncc2)n1)N1CCC[C@@H]2CCCC[C@H]21. The molecule has 1 aliphatic heterocycles. The largest absolute Gasteiger partial charge is 0.339 e. The molecular weight excluding hydrogens is 334 g/mol. The van der Waals surface area contributed by atoms with Gasteiger partial charge in [-0.15, -0.1) is 5.10 Å². The summed E-state index contributed by atoms with van der Waals surface area (Å²) in [6, 6.07) is 4.24. The molecule has 7 heteroatoms. The zero-order valence-electron chi connectivity index (χ0n) is 14.2. The molecule has 2 aromatic heterocycles. The minimum Gasteiger partial charge on any atom is -0.339 e. The Morgan fingerprint density at radius 2 is 2.00 bits per heavy atom. The molecular formula is C18H23N5OS. The molecule has 3 heterocycles. The molecule has 0 aromatic carbocycles. The number of piperidine rings is 1. The van der Waals surface area contributed by atoms with Gasteiger partial charge in [0, 0.05) is 30.5 Å². The Bertz CT molecular complexity index is 717. The molecule has 2 fully saturated rings. The first kappa shape index (κ1) is 16.6. The van der Waals surface area contributed by atoms with Crippen molar-refractivity contribution in [1.29, 1.82) is 0 Å². The number of nitrogens with one attached hydrogen (secondary N) is 1. The van der Waals surface area contributed by atoms with Crippen LogP contribution >= 0.6 is 11.8 Å². The van der Waals surface area contributed by atoms with Crippen molar-refractivity contribution >= 4 is 17.7 Å². The normalized spacial score (nSPS) is 23.3. The van der Waals surface area contributed by atoms with Crippen LogP contribution in [-0.4, -0.2) is 49.3 Å². The van der Waals surface area contributed by atoms with Crippen LogP contribution in [-0.2, 0) is 4.79 Å². The average Bonchev–Trinajstić information content (AvgIpc) is 3.15. The van der Waals surface area contributed by atoms with E-state index in [1.54, 1.807) is 12.4 Å². The zero-order valence-corrected chi connectivity index (χ0v) is 15.0. The van der Waals surface area contributed by atoms with Crippen molar-refractivity contribution in [3.05, 3.63) is 24.5 Å². The van der Waals surface area contributed by atoms with Gasteiger partial charge in [-0.05, 0) is 43.7 Å². The molecule has 0 radical (unpaired) electrons. The van der Waals surface area contributed by atoms with E-state index in [0.29, 0.717) is 22.8 Å². The number of aromatic amines is 1. The molecule has 1 N–H and O–H groups in total. The number of carbonyl (C=O) groups excluding carboxylic acids is 1.